The lowest BCUT2D eigenvalue weighted by Crippen LogP contribution is -2.06. The minimum atomic E-state index is 0.173. The van der Waals surface area contributed by atoms with Gasteiger partial charge >= 0.3 is 0 Å². The van der Waals surface area contributed by atoms with Gasteiger partial charge in [-0.1, -0.05) is 12.1 Å². The van der Waals surface area contributed by atoms with Crippen LogP contribution in [0.1, 0.15) is 12.5 Å². The summed E-state index contributed by atoms with van der Waals surface area (Å²) in [6.45, 7) is 4.38. The molecule has 0 saturated heterocycles. The molecule has 0 radical (unpaired) electrons. The largest absolute Gasteiger partial charge is 0.491 e. The molecule has 1 aromatic carbocycles. The molecule has 0 spiro atoms. The lowest BCUT2D eigenvalue weighted by molar-refractivity contribution is 0.110. The maximum atomic E-state index is 5.80. The van der Waals surface area contributed by atoms with Crippen molar-refractivity contribution in [2.75, 3.05) is 32.2 Å². The first-order valence-electron chi connectivity index (χ1n) is 7.32. The minimum absolute atomic E-state index is 0.173. The van der Waals surface area contributed by atoms with E-state index in [4.69, 9.17) is 25.8 Å². The van der Waals surface area contributed by atoms with Crippen molar-refractivity contribution in [1.82, 2.24) is 9.97 Å². The topological polar surface area (TPSA) is 65.5 Å². The number of hydrogen-bond acceptors (Lipinski definition) is 6. The van der Waals surface area contributed by atoms with Gasteiger partial charge in [-0.3, -0.25) is 0 Å². The summed E-state index contributed by atoms with van der Waals surface area (Å²) in [6, 6.07) is 7.82. The molecule has 0 fully saturated rings. The Kier molecular flexibility index (Phi) is 6.90. The Morgan fingerprint density at radius 1 is 1.17 bits per heavy atom. The van der Waals surface area contributed by atoms with Gasteiger partial charge in [0.05, 0.1) is 19.9 Å². The molecule has 1 aromatic heterocycles. The molecular formula is C16H20ClN3O3. The smallest absolute Gasteiger partial charge is 0.224 e. The van der Waals surface area contributed by atoms with Crippen molar-refractivity contribution in [3.05, 3.63) is 41.3 Å². The summed E-state index contributed by atoms with van der Waals surface area (Å²) in [5.74, 6) is 1.92. The number of ether oxygens (including phenoxy) is 3. The number of aromatic nitrogens is 2. The first kappa shape index (κ1) is 17.3. The van der Waals surface area contributed by atoms with Crippen LogP contribution in [-0.2, 0) is 11.3 Å². The first-order chi connectivity index (χ1) is 11.2. The average Bonchev–Trinajstić information content (AvgIpc) is 2.58. The molecule has 1 heterocycles. The van der Waals surface area contributed by atoms with Gasteiger partial charge in [0, 0.05) is 13.2 Å². The number of methoxy groups -OCH3 is 1. The molecule has 0 amide bonds. The maximum absolute atomic E-state index is 5.80. The molecule has 0 unspecified atom stereocenters. The van der Waals surface area contributed by atoms with E-state index in [9.17, 15) is 0 Å². The van der Waals surface area contributed by atoms with Crippen LogP contribution in [0, 0.1) is 0 Å². The summed E-state index contributed by atoms with van der Waals surface area (Å²) in [5.41, 5.74) is 1.08. The number of hydrogen-bond donors (Lipinski definition) is 1. The SMILES string of the molecule is CCOCCOc1ccc(CNc2nc(Cl)ncc2OC)cc1. The average molecular weight is 338 g/mol. The third-order valence-electron chi connectivity index (χ3n) is 3.03. The van der Waals surface area contributed by atoms with Gasteiger partial charge in [0.25, 0.3) is 0 Å². The highest BCUT2D eigenvalue weighted by Gasteiger charge is 2.06. The number of anilines is 1. The van der Waals surface area contributed by atoms with Gasteiger partial charge in [0.2, 0.25) is 5.28 Å². The van der Waals surface area contributed by atoms with E-state index in [1.54, 1.807) is 7.11 Å². The third-order valence-corrected chi connectivity index (χ3v) is 3.21. The van der Waals surface area contributed by atoms with Gasteiger partial charge in [0.15, 0.2) is 11.6 Å². The van der Waals surface area contributed by atoms with E-state index in [1.807, 2.05) is 31.2 Å². The Labute approximate surface area is 140 Å². The summed E-state index contributed by atoms with van der Waals surface area (Å²) < 4.78 is 16.0. The first-order valence-corrected chi connectivity index (χ1v) is 7.70. The van der Waals surface area contributed by atoms with Gasteiger partial charge in [-0.05, 0) is 36.2 Å². The highest BCUT2D eigenvalue weighted by atomic mass is 35.5. The van der Waals surface area contributed by atoms with E-state index >= 15 is 0 Å². The van der Waals surface area contributed by atoms with Crippen molar-refractivity contribution in [1.29, 1.82) is 0 Å². The summed E-state index contributed by atoms with van der Waals surface area (Å²) >= 11 is 5.80. The van der Waals surface area contributed by atoms with Crippen LogP contribution in [0.2, 0.25) is 5.28 Å². The van der Waals surface area contributed by atoms with Gasteiger partial charge < -0.3 is 19.5 Å². The lowest BCUT2D eigenvalue weighted by Gasteiger charge is -2.10. The maximum Gasteiger partial charge on any atom is 0.224 e. The predicted molar refractivity (Wildman–Crippen MR) is 89.4 cm³/mol. The Morgan fingerprint density at radius 2 is 1.96 bits per heavy atom. The van der Waals surface area contributed by atoms with Crippen molar-refractivity contribution in [3.63, 3.8) is 0 Å². The second kappa shape index (κ2) is 9.17. The lowest BCUT2D eigenvalue weighted by atomic mass is 10.2. The monoisotopic (exact) mass is 337 g/mol. The number of benzene rings is 1. The van der Waals surface area contributed by atoms with Gasteiger partial charge in [-0.15, -0.1) is 0 Å². The molecule has 0 bridgehead atoms. The van der Waals surface area contributed by atoms with Crippen LogP contribution in [0.5, 0.6) is 11.5 Å². The number of halogens is 1. The summed E-state index contributed by atoms with van der Waals surface area (Å²) in [6.07, 6.45) is 1.53. The van der Waals surface area contributed by atoms with Gasteiger partial charge in [0.1, 0.15) is 12.4 Å². The summed E-state index contributed by atoms with van der Waals surface area (Å²) in [4.78, 5) is 8.00. The fourth-order valence-electron chi connectivity index (χ4n) is 1.88. The van der Waals surface area contributed by atoms with Crippen LogP contribution < -0.4 is 14.8 Å². The second-order valence-electron chi connectivity index (χ2n) is 4.60. The van der Waals surface area contributed by atoms with Gasteiger partial charge in [-0.2, -0.15) is 4.98 Å². The Bertz CT molecular complexity index is 608. The van der Waals surface area contributed by atoms with Crippen LogP contribution >= 0.6 is 11.6 Å². The molecule has 1 N–H and O–H groups in total. The van der Waals surface area contributed by atoms with E-state index in [1.165, 1.54) is 6.20 Å². The quantitative estimate of drug-likeness (QED) is 0.560. The molecule has 0 aliphatic heterocycles. The summed E-state index contributed by atoms with van der Waals surface area (Å²) in [7, 11) is 1.56. The molecule has 124 valence electrons. The van der Waals surface area contributed by atoms with E-state index < -0.39 is 0 Å². The molecule has 0 atom stereocenters. The van der Waals surface area contributed by atoms with Gasteiger partial charge in [-0.25, -0.2) is 4.98 Å². The molecule has 7 heteroatoms. The van der Waals surface area contributed by atoms with Crippen molar-refractivity contribution >= 4 is 17.4 Å². The number of nitrogens with one attached hydrogen (secondary N) is 1. The van der Waals surface area contributed by atoms with E-state index in [-0.39, 0.29) is 5.28 Å². The van der Waals surface area contributed by atoms with Crippen LogP contribution in [0.25, 0.3) is 0 Å². The van der Waals surface area contributed by atoms with Crippen LogP contribution in [-0.4, -0.2) is 36.9 Å². The Balaban J connectivity index is 1.88. The predicted octanol–water partition coefficient (Wildman–Crippen LogP) is 3.17. The molecule has 0 aliphatic rings. The van der Waals surface area contributed by atoms with E-state index in [0.29, 0.717) is 37.9 Å². The molecule has 2 rings (SSSR count). The van der Waals surface area contributed by atoms with Crippen molar-refractivity contribution in [3.8, 4) is 11.5 Å². The standard InChI is InChI=1S/C16H20ClN3O3/c1-3-22-8-9-23-13-6-4-12(5-7-13)10-18-15-14(21-2)11-19-16(17)20-15/h4-7,11H,3,8-10H2,1-2H3,(H,18,19,20). The highest BCUT2D eigenvalue weighted by Crippen LogP contribution is 2.22. The normalized spacial score (nSPS) is 10.4. The Morgan fingerprint density at radius 3 is 2.65 bits per heavy atom. The van der Waals surface area contributed by atoms with Crippen LogP contribution in [0.15, 0.2) is 30.5 Å². The van der Waals surface area contributed by atoms with Crippen LogP contribution in [0.3, 0.4) is 0 Å². The van der Waals surface area contributed by atoms with Crippen molar-refractivity contribution < 1.29 is 14.2 Å². The zero-order valence-electron chi connectivity index (χ0n) is 13.2. The zero-order chi connectivity index (χ0) is 16.5. The molecule has 23 heavy (non-hydrogen) atoms. The minimum Gasteiger partial charge on any atom is -0.491 e. The molecule has 0 aliphatic carbocycles. The second-order valence-corrected chi connectivity index (χ2v) is 4.94. The summed E-state index contributed by atoms with van der Waals surface area (Å²) in [5, 5.41) is 3.35. The number of rotatable bonds is 9. The zero-order valence-corrected chi connectivity index (χ0v) is 14.0. The van der Waals surface area contributed by atoms with E-state index in [0.717, 1.165) is 11.3 Å². The Hall–Kier alpha value is -2.05. The fraction of sp³-hybridized carbons (Fsp3) is 0.375. The van der Waals surface area contributed by atoms with E-state index in [2.05, 4.69) is 15.3 Å². The van der Waals surface area contributed by atoms with Crippen LogP contribution in [0.4, 0.5) is 5.82 Å². The third kappa shape index (κ3) is 5.58. The highest BCUT2D eigenvalue weighted by molar-refractivity contribution is 6.28. The molecular weight excluding hydrogens is 318 g/mol. The van der Waals surface area contributed by atoms with Crippen molar-refractivity contribution in [2.45, 2.75) is 13.5 Å². The molecule has 6 nitrogen and oxygen atoms in total. The molecule has 0 saturated carbocycles. The molecule has 2 aromatic rings. The van der Waals surface area contributed by atoms with Crippen molar-refractivity contribution in [2.24, 2.45) is 0 Å². The number of nitrogens with zero attached hydrogens (tertiary/aromatic N) is 2. The fourth-order valence-corrected chi connectivity index (χ4v) is 2.01.